The predicted molar refractivity (Wildman–Crippen MR) is 73.8 cm³/mol. The average molecular weight is 345 g/mol. The van der Waals surface area contributed by atoms with E-state index in [2.05, 4.69) is 10.6 Å². The van der Waals surface area contributed by atoms with E-state index in [1.165, 1.54) is 0 Å². The monoisotopic (exact) mass is 345 g/mol. The third-order valence-corrected chi connectivity index (χ3v) is 6.01. The molecule has 2 N–H and O–H groups in total. The maximum absolute atomic E-state index is 13.3. The van der Waals surface area contributed by atoms with Crippen molar-refractivity contribution < 1.29 is 26.8 Å². The molecule has 0 saturated carbocycles. The highest BCUT2D eigenvalue weighted by atomic mass is 32.2. The van der Waals surface area contributed by atoms with Crippen LogP contribution in [0.15, 0.2) is 23.1 Å². The van der Waals surface area contributed by atoms with Gasteiger partial charge in [-0.25, -0.2) is 22.0 Å². The maximum atomic E-state index is 13.3. The third-order valence-electron chi connectivity index (χ3n) is 4.12. The Morgan fingerprint density at radius 3 is 2.26 bits per heavy atom. The normalized spacial score (nSPS) is 21.3. The molecule has 0 atom stereocenters. The van der Waals surface area contributed by atoms with Crippen molar-refractivity contribution >= 4 is 22.0 Å². The molecule has 3 amide bonds. The Balaban J connectivity index is 1.80. The van der Waals surface area contributed by atoms with Crippen LogP contribution in [-0.2, 0) is 14.8 Å². The molecule has 0 unspecified atom stereocenters. The van der Waals surface area contributed by atoms with Gasteiger partial charge in [0.2, 0.25) is 10.0 Å². The Morgan fingerprint density at radius 1 is 1.09 bits per heavy atom. The lowest BCUT2D eigenvalue weighted by atomic mass is 9.89. The van der Waals surface area contributed by atoms with Crippen molar-refractivity contribution in [1.29, 1.82) is 0 Å². The number of hydrogen-bond donors (Lipinski definition) is 2. The number of rotatable bonds is 2. The minimum atomic E-state index is -4.00. The molecule has 23 heavy (non-hydrogen) atoms. The Labute approximate surface area is 130 Å². The molecule has 0 bridgehead atoms. The highest BCUT2D eigenvalue weighted by Gasteiger charge is 2.49. The van der Waals surface area contributed by atoms with Crippen molar-refractivity contribution in [3.8, 4) is 0 Å². The number of carbonyl (C=O) groups excluding carboxylic acids is 2. The van der Waals surface area contributed by atoms with Gasteiger partial charge in [-0.3, -0.25) is 10.1 Å². The minimum Gasteiger partial charge on any atom is -0.323 e. The average Bonchev–Trinajstić information content (AvgIpc) is 2.76. The fraction of sp³-hybridized carbons (Fsp3) is 0.385. The summed E-state index contributed by atoms with van der Waals surface area (Å²) in [5.41, 5.74) is -1.10. The Kier molecular flexibility index (Phi) is 3.60. The van der Waals surface area contributed by atoms with E-state index in [-0.39, 0.29) is 30.8 Å². The van der Waals surface area contributed by atoms with Crippen LogP contribution in [0.1, 0.15) is 12.8 Å². The second-order valence-electron chi connectivity index (χ2n) is 5.47. The molecule has 2 aliphatic heterocycles. The van der Waals surface area contributed by atoms with E-state index >= 15 is 0 Å². The SMILES string of the molecule is O=C1NC(=O)C2(CCN(S(=O)(=O)c3ccc(F)c(F)c3)CC2)N1. The Morgan fingerprint density at radius 2 is 1.74 bits per heavy atom. The van der Waals surface area contributed by atoms with Crippen molar-refractivity contribution in [1.82, 2.24) is 14.9 Å². The van der Waals surface area contributed by atoms with E-state index in [0.29, 0.717) is 6.07 Å². The van der Waals surface area contributed by atoms with Crippen LogP contribution in [0.2, 0.25) is 0 Å². The van der Waals surface area contributed by atoms with Crippen LogP contribution in [0.25, 0.3) is 0 Å². The second-order valence-corrected chi connectivity index (χ2v) is 7.41. The van der Waals surface area contributed by atoms with E-state index in [0.717, 1.165) is 16.4 Å². The summed E-state index contributed by atoms with van der Waals surface area (Å²) < 4.78 is 52.2. The molecule has 2 heterocycles. The van der Waals surface area contributed by atoms with Crippen LogP contribution < -0.4 is 10.6 Å². The zero-order chi connectivity index (χ0) is 16.8. The van der Waals surface area contributed by atoms with E-state index < -0.39 is 39.1 Å². The molecule has 0 radical (unpaired) electrons. The molecule has 1 aromatic carbocycles. The summed E-state index contributed by atoms with van der Waals surface area (Å²) in [7, 11) is -4.00. The van der Waals surface area contributed by atoms with Crippen molar-refractivity contribution in [2.75, 3.05) is 13.1 Å². The summed E-state index contributed by atoms with van der Waals surface area (Å²) >= 11 is 0. The molecule has 2 fully saturated rings. The predicted octanol–water partition coefficient (Wildman–Crippen LogP) is 0.327. The molecule has 2 aliphatic rings. The van der Waals surface area contributed by atoms with Crippen LogP contribution in [0.4, 0.5) is 13.6 Å². The summed E-state index contributed by atoms with van der Waals surface area (Å²) in [5, 5.41) is 4.64. The lowest BCUT2D eigenvalue weighted by molar-refractivity contribution is -0.125. The number of urea groups is 1. The van der Waals surface area contributed by atoms with Gasteiger partial charge in [0.25, 0.3) is 5.91 Å². The number of amides is 3. The van der Waals surface area contributed by atoms with E-state index in [1.807, 2.05) is 0 Å². The van der Waals surface area contributed by atoms with Crippen molar-refractivity contribution in [2.24, 2.45) is 0 Å². The number of sulfonamides is 1. The van der Waals surface area contributed by atoms with Crippen LogP contribution in [0.5, 0.6) is 0 Å². The number of nitrogens with one attached hydrogen (secondary N) is 2. The van der Waals surface area contributed by atoms with Crippen LogP contribution >= 0.6 is 0 Å². The van der Waals surface area contributed by atoms with Gasteiger partial charge in [0.05, 0.1) is 4.90 Å². The van der Waals surface area contributed by atoms with Gasteiger partial charge in [0.1, 0.15) is 5.54 Å². The van der Waals surface area contributed by atoms with Gasteiger partial charge in [-0.2, -0.15) is 4.31 Å². The van der Waals surface area contributed by atoms with Crippen LogP contribution in [0, 0.1) is 11.6 Å². The molecule has 124 valence electrons. The highest BCUT2D eigenvalue weighted by Crippen LogP contribution is 2.29. The van der Waals surface area contributed by atoms with Gasteiger partial charge in [0, 0.05) is 13.1 Å². The topological polar surface area (TPSA) is 95.6 Å². The number of benzene rings is 1. The molecule has 0 aliphatic carbocycles. The smallest absolute Gasteiger partial charge is 0.322 e. The minimum absolute atomic E-state index is 0.0188. The van der Waals surface area contributed by atoms with Crippen molar-refractivity contribution in [3.63, 3.8) is 0 Å². The first-order valence-electron chi connectivity index (χ1n) is 6.83. The summed E-state index contributed by atoms with van der Waals surface area (Å²) in [6.07, 6.45) is 0.209. The second kappa shape index (κ2) is 5.24. The number of nitrogens with zero attached hydrogens (tertiary/aromatic N) is 1. The molecule has 3 rings (SSSR count). The molecule has 7 nitrogen and oxygen atoms in total. The summed E-state index contributed by atoms with van der Waals surface area (Å²) in [6, 6.07) is 1.76. The molecule has 1 aromatic rings. The standard InChI is InChI=1S/C13H13F2N3O4S/c14-9-2-1-8(7-10(9)15)23(21,22)18-5-3-13(4-6-18)11(19)16-12(20)17-13/h1-2,7H,3-6H2,(H2,16,17,19,20). The first-order valence-corrected chi connectivity index (χ1v) is 8.27. The number of halogens is 2. The Hall–Kier alpha value is -2.07. The van der Waals surface area contributed by atoms with Crippen LogP contribution in [-0.4, -0.2) is 43.3 Å². The Bertz CT molecular complexity index is 788. The lowest BCUT2D eigenvalue weighted by Crippen LogP contribution is -2.55. The van der Waals surface area contributed by atoms with Crippen LogP contribution in [0.3, 0.4) is 0 Å². The molecule has 2 saturated heterocycles. The largest absolute Gasteiger partial charge is 0.323 e. The summed E-state index contributed by atoms with van der Waals surface area (Å²) in [5.74, 6) is -2.86. The molecule has 1 spiro atoms. The van der Waals surface area contributed by atoms with Gasteiger partial charge >= 0.3 is 6.03 Å². The number of piperidine rings is 1. The number of hydrogen-bond acceptors (Lipinski definition) is 4. The van der Waals surface area contributed by atoms with E-state index in [4.69, 9.17) is 0 Å². The zero-order valence-corrected chi connectivity index (χ0v) is 12.6. The van der Waals surface area contributed by atoms with Gasteiger partial charge in [-0.15, -0.1) is 0 Å². The molecular weight excluding hydrogens is 332 g/mol. The fourth-order valence-corrected chi connectivity index (χ4v) is 4.23. The molecule has 0 aromatic heterocycles. The zero-order valence-electron chi connectivity index (χ0n) is 11.8. The van der Waals surface area contributed by atoms with Crippen molar-refractivity contribution in [3.05, 3.63) is 29.8 Å². The van der Waals surface area contributed by atoms with Crippen molar-refractivity contribution in [2.45, 2.75) is 23.3 Å². The summed E-state index contributed by atoms with van der Waals surface area (Å²) in [6.45, 7) is -0.0376. The number of imide groups is 1. The fourth-order valence-electron chi connectivity index (χ4n) is 2.77. The van der Waals surface area contributed by atoms with Gasteiger partial charge in [-0.05, 0) is 31.0 Å². The quantitative estimate of drug-likeness (QED) is 0.755. The summed E-state index contributed by atoms with van der Waals surface area (Å²) in [4.78, 5) is 22.7. The van der Waals surface area contributed by atoms with Gasteiger partial charge in [-0.1, -0.05) is 0 Å². The first kappa shape index (κ1) is 15.8. The van der Waals surface area contributed by atoms with E-state index in [1.54, 1.807) is 0 Å². The highest BCUT2D eigenvalue weighted by molar-refractivity contribution is 7.89. The first-order chi connectivity index (χ1) is 10.7. The molecule has 10 heteroatoms. The maximum Gasteiger partial charge on any atom is 0.322 e. The van der Waals surface area contributed by atoms with Gasteiger partial charge < -0.3 is 5.32 Å². The third kappa shape index (κ3) is 2.57. The lowest BCUT2D eigenvalue weighted by Gasteiger charge is -2.36. The van der Waals surface area contributed by atoms with Gasteiger partial charge in [0.15, 0.2) is 11.6 Å². The number of carbonyl (C=O) groups is 2. The van der Waals surface area contributed by atoms with E-state index in [9.17, 15) is 26.8 Å². The molecular formula is C13H13F2N3O4S.